The highest BCUT2D eigenvalue weighted by molar-refractivity contribution is 6.10. The smallest absolute Gasteiger partial charge is 0.335 e. The van der Waals surface area contributed by atoms with Gasteiger partial charge in [-0.15, -0.1) is 0 Å². The zero-order valence-electron chi connectivity index (χ0n) is 34.0. The third kappa shape index (κ3) is 12.4. The van der Waals surface area contributed by atoms with E-state index in [0.29, 0.717) is 16.8 Å². The fourth-order valence-corrected chi connectivity index (χ4v) is 5.79. The molecule has 0 aliphatic heterocycles. The van der Waals surface area contributed by atoms with Gasteiger partial charge in [0.2, 0.25) is 11.8 Å². The van der Waals surface area contributed by atoms with E-state index in [0.717, 1.165) is 5.56 Å². The fraction of sp³-hybridized carbons (Fsp3) is 0.130. The number of aromatic carboxylic acids is 1. The van der Waals surface area contributed by atoms with Gasteiger partial charge in [-0.3, -0.25) is 28.8 Å². The van der Waals surface area contributed by atoms with Crippen LogP contribution in [0.1, 0.15) is 79.8 Å². The van der Waals surface area contributed by atoms with Gasteiger partial charge in [-0.25, -0.2) is 4.79 Å². The molecular weight excluding hydrogens is 811 g/mol. The van der Waals surface area contributed by atoms with E-state index >= 15 is 0 Å². The summed E-state index contributed by atoms with van der Waals surface area (Å²) in [6.07, 6.45) is 0.633. The number of rotatable bonds is 16. The minimum Gasteiger partial charge on any atom is -0.504 e. The van der Waals surface area contributed by atoms with Gasteiger partial charge >= 0.3 is 5.97 Å². The molecule has 0 radical (unpaired) electrons. The number of primary amides is 1. The number of carboxylic acid groups (broad SMARTS) is 1. The molecule has 6 amide bonds. The molecule has 0 fully saturated rings. The number of nitrogens with one attached hydrogen (secondary N) is 5. The monoisotopic (exact) mass is 851 g/mol. The van der Waals surface area contributed by atoms with Crippen molar-refractivity contribution in [3.05, 3.63) is 148 Å². The van der Waals surface area contributed by atoms with Crippen LogP contribution in [0.3, 0.4) is 0 Å². The lowest BCUT2D eigenvalue weighted by molar-refractivity contribution is -0.123. The number of nitrogens with two attached hydrogens (primary N) is 1. The Bertz CT molecular complexity index is 2640. The third-order valence-electron chi connectivity index (χ3n) is 9.00. The number of nitriles is 1. The first-order valence-corrected chi connectivity index (χ1v) is 19.1. The number of ether oxygens (including phenoxy) is 1. The largest absolute Gasteiger partial charge is 0.504 e. The molecule has 0 saturated carbocycles. The summed E-state index contributed by atoms with van der Waals surface area (Å²) in [6.45, 7) is 4.98. The molecule has 5 aromatic rings. The van der Waals surface area contributed by atoms with Crippen LogP contribution >= 0.6 is 0 Å². The van der Waals surface area contributed by atoms with Gasteiger partial charge in [-0.05, 0) is 129 Å². The van der Waals surface area contributed by atoms with Crippen LogP contribution in [0, 0.1) is 11.3 Å². The molecule has 17 heteroatoms. The molecule has 1 unspecified atom stereocenters. The van der Waals surface area contributed by atoms with Crippen molar-refractivity contribution in [3.63, 3.8) is 0 Å². The van der Waals surface area contributed by atoms with Crippen LogP contribution in [0.5, 0.6) is 11.5 Å². The molecule has 5 rings (SSSR count). The highest BCUT2D eigenvalue weighted by atomic mass is 16.5. The predicted octanol–water partition coefficient (Wildman–Crippen LogP) is 5.91. The zero-order chi connectivity index (χ0) is 45.8. The van der Waals surface area contributed by atoms with Crippen LogP contribution in [0.2, 0.25) is 0 Å². The van der Waals surface area contributed by atoms with Crippen molar-refractivity contribution in [2.75, 3.05) is 21.3 Å². The second-order valence-corrected chi connectivity index (χ2v) is 14.2. The number of hydrogen-bond acceptors (Lipinski definition) is 10. The van der Waals surface area contributed by atoms with E-state index in [9.17, 15) is 38.7 Å². The van der Waals surface area contributed by atoms with Gasteiger partial charge in [0.15, 0.2) is 11.5 Å². The summed E-state index contributed by atoms with van der Waals surface area (Å²) in [6, 6.07) is 26.8. The summed E-state index contributed by atoms with van der Waals surface area (Å²) >= 11 is 0. The molecular formula is C46H41N7O10. The molecule has 0 spiro atoms. The molecule has 0 aliphatic rings. The highest BCUT2D eigenvalue weighted by Crippen LogP contribution is 2.39. The number of benzene rings is 5. The topological polar surface area (TPSA) is 279 Å². The first kappa shape index (κ1) is 45.3. The van der Waals surface area contributed by atoms with Gasteiger partial charge < -0.3 is 47.3 Å². The van der Waals surface area contributed by atoms with Crippen molar-refractivity contribution < 1.29 is 48.5 Å². The Balaban J connectivity index is 1.20. The van der Waals surface area contributed by atoms with Crippen LogP contribution in [0.15, 0.2) is 115 Å². The Morgan fingerprint density at radius 1 is 0.698 bits per heavy atom. The Hall–Kier alpha value is -8.78. The lowest BCUT2D eigenvalue weighted by Gasteiger charge is -2.19. The molecule has 17 nitrogen and oxygen atoms in total. The quantitative estimate of drug-likeness (QED) is 0.0541. The molecule has 0 aromatic heterocycles. The normalized spacial score (nSPS) is 11.3. The van der Waals surface area contributed by atoms with E-state index in [4.69, 9.17) is 20.8 Å². The summed E-state index contributed by atoms with van der Waals surface area (Å²) in [5.41, 5.74) is 7.98. The number of carbonyl (C=O) groups is 7. The number of phenols is 1. The van der Waals surface area contributed by atoms with Gasteiger partial charge in [0.05, 0.1) is 41.0 Å². The van der Waals surface area contributed by atoms with E-state index in [1.165, 1.54) is 84.9 Å². The fourth-order valence-electron chi connectivity index (χ4n) is 5.79. The van der Waals surface area contributed by atoms with E-state index in [1.807, 2.05) is 6.07 Å². The zero-order valence-corrected chi connectivity index (χ0v) is 34.0. The first-order chi connectivity index (χ1) is 30.0. The van der Waals surface area contributed by atoms with Crippen LogP contribution in [0.4, 0.5) is 22.7 Å². The lowest BCUT2D eigenvalue weighted by atomic mass is 10.1. The number of phenolic OH excluding ortho intramolecular Hbond substituents is 1. The number of aromatic hydroxyl groups is 1. The number of anilines is 4. The van der Waals surface area contributed by atoms with Crippen LogP contribution in [-0.4, -0.2) is 63.8 Å². The second kappa shape index (κ2) is 20.5. The van der Waals surface area contributed by atoms with Gasteiger partial charge in [0.25, 0.3) is 23.6 Å². The third-order valence-corrected chi connectivity index (χ3v) is 9.00. The van der Waals surface area contributed by atoms with Gasteiger partial charge in [0, 0.05) is 33.8 Å². The summed E-state index contributed by atoms with van der Waals surface area (Å²) in [5, 5.41) is 42.2. The molecule has 0 heterocycles. The predicted molar refractivity (Wildman–Crippen MR) is 233 cm³/mol. The molecule has 0 bridgehead atoms. The van der Waals surface area contributed by atoms with Crippen molar-refractivity contribution in [2.24, 2.45) is 5.73 Å². The summed E-state index contributed by atoms with van der Waals surface area (Å²) in [4.78, 5) is 88.6. The summed E-state index contributed by atoms with van der Waals surface area (Å²) in [7, 11) is 0. The lowest BCUT2D eigenvalue weighted by Crippen LogP contribution is -2.46. The standard InChI is InChI=1S/C46H41N7O10/c1-25(2)63-40-36(21-20-35(39(40)55)44(59)50-33-18-12-31(13-19-33)46(61)62)52-42(57)29-10-16-34(17-11-29)51-45(60)37(23-38(48)54)53-43(58)30-8-14-32(15-9-30)49-41(56)26(3)22-27-4-6-28(24-47)7-5-27/h4-22,25,37,55H,23H2,1-3H3,(H2,48,54)(H,49,56)(H,50,59)(H,51,60)(H,52,57)(H,53,58)(H,61,62)/b26-22+. The van der Waals surface area contributed by atoms with Crippen molar-refractivity contribution in [3.8, 4) is 17.6 Å². The maximum Gasteiger partial charge on any atom is 0.335 e. The summed E-state index contributed by atoms with van der Waals surface area (Å²) in [5.74, 6) is -5.98. The number of amides is 6. The van der Waals surface area contributed by atoms with E-state index in [-0.39, 0.29) is 45.1 Å². The number of hydrogen-bond donors (Lipinski definition) is 8. The molecule has 63 heavy (non-hydrogen) atoms. The van der Waals surface area contributed by atoms with E-state index in [2.05, 4.69) is 26.6 Å². The SMILES string of the molecule is C/C(=C\c1ccc(C#N)cc1)C(=O)Nc1ccc(C(=O)NC(CC(N)=O)C(=O)Nc2ccc(C(=O)Nc3ccc(C(=O)Nc4ccc(C(=O)O)cc4)c(O)c3OC(C)C)cc2)cc1. The van der Waals surface area contributed by atoms with Crippen LogP contribution < -0.4 is 37.1 Å². The van der Waals surface area contributed by atoms with Crippen LogP contribution in [-0.2, 0) is 14.4 Å². The highest BCUT2D eigenvalue weighted by Gasteiger charge is 2.25. The van der Waals surface area contributed by atoms with Crippen molar-refractivity contribution in [1.82, 2.24) is 5.32 Å². The van der Waals surface area contributed by atoms with E-state index in [1.54, 1.807) is 51.1 Å². The van der Waals surface area contributed by atoms with Gasteiger partial charge in [-0.1, -0.05) is 12.1 Å². The van der Waals surface area contributed by atoms with Gasteiger partial charge in [0.1, 0.15) is 6.04 Å². The Kier molecular flexibility index (Phi) is 14.7. The average molecular weight is 852 g/mol. The number of carbonyl (C=O) groups excluding carboxylic acids is 6. The van der Waals surface area contributed by atoms with Crippen molar-refractivity contribution in [1.29, 1.82) is 5.26 Å². The number of nitrogens with zero attached hydrogens (tertiary/aromatic N) is 1. The second-order valence-electron chi connectivity index (χ2n) is 14.2. The summed E-state index contributed by atoms with van der Waals surface area (Å²) < 4.78 is 5.77. The van der Waals surface area contributed by atoms with Crippen molar-refractivity contribution in [2.45, 2.75) is 39.3 Å². The molecule has 320 valence electrons. The Morgan fingerprint density at radius 3 is 1.78 bits per heavy atom. The molecule has 9 N–H and O–H groups in total. The molecule has 0 aliphatic carbocycles. The van der Waals surface area contributed by atoms with Gasteiger partial charge in [-0.2, -0.15) is 5.26 Å². The Labute approximate surface area is 360 Å². The maximum absolute atomic E-state index is 13.3. The Morgan fingerprint density at radius 2 is 1.24 bits per heavy atom. The van der Waals surface area contributed by atoms with Crippen LogP contribution in [0.25, 0.3) is 6.08 Å². The maximum atomic E-state index is 13.3. The molecule has 1 atom stereocenters. The number of carboxylic acids is 1. The van der Waals surface area contributed by atoms with E-state index < -0.39 is 65.7 Å². The minimum absolute atomic E-state index is 0.0197. The minimum atomic E-state index is -1.39. The molecule has 5 aromatic carbocycles. The molecule has 0 saturated heterocycles. The average Bonchev–Trinajstić information content (AvgIpc) is 3.25. The first-order valence-electron chi connectivity index (χ1n) is 19.1. The van der Waals surface area contributed by atoms with Crippen molar-refractivity contribution >= 4 is 70.2 Å².